The van der Waals surface area contributed by atoms with Crippen LogP contribution in [-0.4, -0.2) is 25.5 Å². The molecule has 0 unspecified atom stereocenters. The first-order valence-electron chi connectivity index (χ1n) is 7.69. The van der Waals surface area contributed by atoms with Crippen LogP contribution in [0.3, 0.4) is 0 Å². The normalized spacial score (nSPS) is 18.3. The average Bonchev–Trinajstić information content (AvgIpc) is 3.34. The number of cyclic esters (lactones) is 1. The minimum absolute atomic E-state index is 0.115. The second-order valence-electron chi connectivity index (χ2n) is 5.64. The smallest absolute Gasteiger partial charge is 0.363 e. The van der Waals surface area contributed by atoms with E-state index in [4.69, 9.17) is 35.3 Å². The van der Waals surface area contributed by atoms with Gasteiger partial charge in [-0.1, -0.05) is 11.6 Å². The summed E-state index contributed by atoms with van der Waals surface area (Å²) in [4.78, 5) is 16.4. The van der Waals surface area contributed by atoms with Crippen LogP contribution >= 0.6 is 11.6 Å². The van der Waals surface area contributed by atoms with Crippen LogP contribution in [0.2, 0.25) is 5.02 Å². The maximum Gasteiger partial charge on any atom is 0.363 e. The lowest BCUT2D eigenvalue weighted by atomic mass is 10.1. The number of fused-ring (bicyclic) bond motifs is 2. The molecule has 3 aliphatic rings. The molecule has 0 atom stereocenters. The van der Waals surface area contributed by atoms with Crippen LogP contribution in [-0.2, 0) is 9.53 Å². The van der Waals surface area contributed by atoms with Crippen LogP contribution < -0.4 is 18.9 Å². The van der Waals surface area contributed by atoms with Gasteiger partial charge in [0.2, 0.25) is 19.5 Å². The van der Waals surface area contributed by atoms with Crippen LogP contribution in [0, 0.1) is 0 Å². The molecule has 26 heavy (non-hydrogen) atoms. The molecule has 130 valence electrons. The van der Waals surface area contributed by atoms with E-state index in [1.54, 1.807) is 36.4 Å². The fraction of sp³-hybridized carbons (Fsp3) is 0.111. The number of hydrogen-bond donors (Lipinski definition) is 0. The largest absolute Gasteiger partial charge is 0.454 e. The standard InChI is InChI=1S/C18H10ClNO6/c19-11-3-9(5-15-16(11)25-8-24-15)4-12-18(21)26-17(20-12)10-1-2-13-14(6-10)23-7-22-13/h1-6H,7-8H2. The molecule has 0 saturated heterocycles. The van der Waals surface area contributed by atoms with E-state index in [1.165, 1.54) is 0 Å². The van der Waals surface area contributed by atoms with Crippen molar-refractivity contribution in [2.75, 3.05) is 13.6 Å². The Bertz CT molecular complexity index is 1010. The predicted molar refractivity (Wildman–Crippen MR) is 90.7 cm³/mol. The summed E-state index contributed by atoms with van der Waals surface area (Å²) < 4.78 is 26.5. The monoisotopic (exact) mass is 371 g/mol. The number of halogens is 1. The number of carbonyl (C=O) groups is 1. The molecule has 3 heterocycles. The van der Waals surface area contributed by atoms with Crippen molar-refractivity contribution in [1.82, 2.24) is 0 Å². The molecule has 0 N–H and O–H groups in total. The first kappa shape index (κ1) is 15.1. The maximum absolute atomic E-state index is 12.2. The van der Waals surface area contributed by atoms with Gasteiger partial charge in [-0.15, -0.1) is 0 Å². The highest BCUT2D eigenvalue weighted by molar-refractivity contribution is 6.32. The number of esters is 1. The van der Waals surface area contributed by atoms with Crippen molar-refractivity contribution in [2.45, 2.75) is 0 Å². The highest BCUT2D eigenvalue weighted by atomic mass is 35.5. The number of carbonyl (C=O) groups excluding carboxylic acids is 1. The van der Waals surface area contributed by atoms with Gasteiger partial charge in [0.05, 0.1) is 5.02 Å². The topological polar surface area (TPSA) is 75.6 Å². The Morgan fingerprint density at radius 3 is 2.69 bits per heavy atom. The zero-order chi connectivity index (χ0) is 17.7. The van der Waals surface area contributed by atoms with Crippen molar-refractivity contribution >= 4 is 29.5 Å². The van der Waals surface area contributed by atoms with E-state index in [-0.39, 0.29) is 25.2 Å². The lowest BCUT2D eigenvalue weighted by Gasteiger charge is -2.01. The Hall–Kier alpha value is -3.19. The Morgan fingerprint density at radius 1 is 0.962 bits per heavy atom. The molecule has 3 aliphatic heterocycles. The van der Waals surface area contributed by atoms with Crippen LogP contribution in [0.1, 0.15) is 11.1 Å². The number of rotatable bonds is 2. The van der Waals surface area contributed by atoms with Crippen molar-refractivity contribution in [2.24, 2.45) is 4.99 Å². The molecular weight excluding hydrogens is 362 g/mol. The fourth-order valence-electron chi connectivity index (χ4n) is 2.79. The van der Waals surface area contributed by atoms with Crippen molar-refractivity contribution in [3.8, 4) is 23.0 Å². The summed E-state index contributed by atoms with van der Waals surface area (Å²) in [5.74, 6) is 1.89. The highest BCUT2D eigenvalue weighted by Crippen LogP contribution is 2.40. The van der Waals surface area contributed by atoms with E-state index in [2.05, 4.69) is 4.99 Å². The lowest BCUT2D eigenvalue weighted by Crippen LogP contribution is -2.05. The Labute approximate surface area is 152 Å². The third-order valence-electron chi connectivity index (χ3n) is 3.99. The van der Waals surface area contributed by atoms with Crippen LogP contribution in [0.25, 0.3) is 6.08 Å². The minimum atomic E-state index is -0.550. The predicted octanol–water partition coefficient (Wildman–Crippen LogP) is 3.14. The van der Waals surface area contributed by atoms with E-state index in [0.29, 0.717) is 39.1 Å². The lowest BCUT2D eigenvalue weighted by molar-refractivity contribution is -0.129. The van der Waals surface area contributed by atoms with Crippen molar-refractivity contribution in [3.63, 3.8) is 0 Å². The number of benzene rings is 2. The second kappa shape index (κ2) is 5.67. The quantitative estimate of drug-likeness (QED) is 0.596. The van der Waals surface area contributed by atoms with Gasteiger partial charge >= 0.3 is 5.97 Å². The number of aliphatic imine (C=N–C) groups is 1. The summed E-state index contributed by atoms with van der Waals surface area (Å²) in [6.45, 7) is 0.282. The first-order chi connectivity index (χ1) is 12.7. The van der Waals surface area contributed by atoms with Gasteiger partial charge in [0, 0.05) is 5.56 Å². The SMILES string of the molecule is O=C1OC(c2ccc3c(c2)OCO3)=NC1=Cc1cc(Cl)c2c(c1)OCO2. The molecule has 2 aromatic rings. The molecule has 5 rings (SSSR count). The first-order valence-corrected chi connectivity index (χ1v) is 8.07. The minimum Gasteiger partial charge on any atom is -0.454 e. The van der Waals surface area contributed by atoms with Gasteiger partial charge < -0.3 is 23.7 Å². The molecule has 0 aliphatic carbocycles. The summed E-state index contributed by atoms with van der Waals surface area (Å²) in [5.41, 5.74) is 1.43. The van der Waals surface area contributed by atoms with Gasteiger partial charge in [-0.3, -0.25) is 0 Å². The molecule has 0 radical (unpaired) electrons. The van der Waals surface area contributed by atoms with Gasteiger partial charge in [-0.05, 0) is 42.0 Å². The van der Waals surface area contributed by atoms with Gasteiger partial charge in [0.1, 0.15) is 0 Å². The number of hydrogen-bond acceptors (Lipinski definition) is 7. The summed E-state index contributed by atoms with van der Waals surface area (Å²) in [5, 5.41) is 0.401. The van der Waals surface area contributed by atoms with E-state index < -0.39 is 5.97 Å². The van der Waals surface area contributed by atoms with Gasteiger partial charge in [0.25, 0.3) is 0 Å². The molecule has 0 spiro atoms. The number of ether oxygens (including phenoxy) is 5. The summed E-state index contributed by atoms with van der Waals surface area (Å²) in [6.07, 6.45) is 1.58. The van der Waals surface area contributed by atoms with Gasteiger partial charge in [-0.2, -0.15) is 0 Å². The van der Waals surface area contributed by atoms with Gasteiger partial charge in [-0.25, -0.2) is 9.79 Å². The van der Waals surface area contributed by atoms with Crippen molar-refractivity contribution in [1.29, 1.82) is 0 Å². The third kappa shape index (κ3) is 2.44. The molecule has 0 amide bonds. The van der Waals surface area contributed by atoms with Crippen LogP contribution in [0.15, 0.2) is 41.0 Å². The Morgan fingerprint density at radius 2 is 1.77 bits per heavy atom. The summed E-state index contributed by atoms with van der Waals surface area (Å²) in [6, 6.07) is 8.61. The molecule has 0 bridgehead atoms. The molecule has 0 aromatic heterocycles. The zero-order valence-electron chi connectivity index (χ0n) is 13.2. The van der Waals surface area contributed by atoms with E-state index in [9.17, 15) is 4.79 Å². The average molecular weight is 372 g/mol. The Kier molecular flexibility index (Phi) is 3.29. The van der Waals surface area contributed by atoms with Crippen LogP contribution in [0.5, 0.6) is 23.0 Å². The van der Waals surface area contributed by atoms with Crippen molar-refractivity contribution < 1.29 is 28.5 Å². The summed E-state index contributed by atoms with van der Waals surface area (Å²) >= 11 is 6.16. The van der Waals surface area contributed by atoms with Crippen molar-refractivity contribution in [3.05, 3.63) is 52.2 Å². The molecule has 0 fully saturated rings. The van der Waals surface area contributed by atoms with E-state index in [0.717, 1.165) is 0 Å². The molecule has 0 saturated carbocycles. The van der Waals surface area contributed by atoms with E-state index in [1.807, 2.05) is 0 Å². The third-order valence-corrected chi connectivity index (χ3v) is 4.27. The Balaban J connectivity index is 1.49. The molecule has 7 nitrogen and oxygen atoms in total. The highest BCUT2D eigenvalue weighted by Gasteiger charge is 2.26. The molecule has 8 heteroatoms. The van der Waals surface area contributed by atoms with Crippen LogP contribution in [0.4, 0.5) is 0 Å². The summed E-state index contributed by atoms with van der Waals surface area (Å²) in [7, 11) is 0. The zero-order valence-corrected chi connectivity index (χ0v) is 13.9. The molecular formula is C18H10ClNO6. The maximum atomic E-state index is 12.2. The fourth-order valence-corrected chi connectivity index (χ4v) is 3.06. The number of nitrogens with zero attached hydrogens (tertiary/aromatic N) is 1. The van der Waals surface area contributed by atoms with Gasteiger partial charge in [0.15, 0.2) is 28.7 Å². The van der Waals surface area contributed by atoms with E-state index >= 15 is 0 Å². The molecule has 2 aromatic carbocycles. The second-order valence-corrected chi connectivity index (χ2v) is 6.05.